The van der Waals surface area contributed by atoms with E-state index in [1.165, 1.54) is 11.6 Å². The molecule has 0 saturated heterocycles. The average molecular weight is 306 g/mol. The summed E-state index contributed by atoms with van der Waals surface area (Å²) in [6.07, 6.45) is 2.63. The van der Waals surface area contributed by atoms with Gasteiger partial charge in [-0.25, -0.2) is 0 Å². The Morgan fingerprint density at radius 3 is 2.52 bits per heavy atom. The Kier molecular flexibility index (Phi) is 4.24. The summed E-state index contributed by atoms with van der Waals surface area (Å²) in [6.45, 7) is 2.26. The monoisotopic (exact) mass is 306 g/mol. The minimum Gasteiger partial charge on any atom is -0.338 e. The van der Waals surface area contributed by atoms with Crippen molar-refractivity contribution in [3.63, 3.8) is 0 Å². The molecule has 0 radical (unpaired) electrons. The molecule has 0 aliphatic rings. The largest absolute Gasteiger partial charge is 0.338 e. The van der Waals surface area contributed by atoms with Gasteiger partial charge >= 0.3 is 0 Å². The second-order valence-electron chi connectivity index (χ2n) is 5.42. The smallest absolute Gasteiger partial charge is 0.244 e. The molecule has 3 aromatic rings. The molecule has 1 amide bonds. The third-order valence-corrected chi connectivity index (χ3v) is 3.84. The van der Waals surface area contributed by atoms with Crippen molar-refractivity contribution in [2.45, 2.75) is 19.9 Å². The second-order valence-corrected chi connectivity index (χ2v) is 5.42. The Balaban J connectivity index is 1.80. The topological polar surface area (TPSA) is 51.1 Å². The fraction of sp³-hybridized carbons (Fsp3) is 0.158. The van der Waals surface area contributed by atoms with E-state index < -0.39 is 0 Å². The second kappa shape index (κ2) is 6.48. The molecule has 1 N–H and O–H groups in total. The predicted molar refractivity (Wildman–Crippen MR) is 92.7 cm³/mol. The molecule has 4 heteroatoms. The first kappa shape index (κ1) is 15.0. The lowest BCUT2D eigenvalue weighted by Gasteiger charge is -2.11. The fourth-order valence-electron chi connectivity index (χ4n) is 2.58. The molecule has 0 bridgehead atoms. The van der Waals surface area contributed by atoms with Crippen LogP contribution in [0.15, 0.2) is 65.6 Å². The van der Waals surface area contributed by atoms with E-state index in [0.29, 0.717) is 5.39 Å². The Morgan fingerprint density at radius 2 is 1.78 bits per heavy atom. The third kappa shape index (κ3) is 3.31. The van der Waals surface area contributed by atoms with Crippen LogP contribution in [0.25, 0.3) is 10.9 Å². The normalized spacial score (nSPS) is 10.7. The van der Waals surface area contributed by atoms with E-state index in [2.05, 4.69) is 12.2 Å². The number of pyridine rings is 1. The minimum absolute atomic E-state index is 0.0348. The van der Waals surface area contributed by atoms with E-state index in [9.17, 15) is 9.59 Å². The van der Waals surface area contributed by atoms with Gasteiger partial charge in [-0.3, -0.25) is 9.59 Å². The van der Waals surface area contributed by atoms with Crippen molar-refractivity contribution in [1.29, 1.82) is 0 Å². The Labute approximate surface area is 134 Å². The van der Waals surface area contributed by atoms with E-state index in [1.807, 2.05) is 42.5 Å². The van der Waals surface area contributed by atoms with E-state index in [1.54, 1.807) is 16.8 Å². The summed E-state index contributed by atoms with van der Waals surface area (Å²) in [7, 11) is 0. The number of carbonyl (C=O) groups excluding carboxylic acids is 1. The average Bonchev–Trinajstić information content (AvgIpc) is 2.58. The zero-order valence-corrected chi connectivity index (χ0v) is 13.0. The van der Waals surface area contributed by atoms with Crippen molar-refractivity contribution >= 4 is 22.5 Å². The van der Waals surface area contributed by atoms with Gasteiger partial charge in [-0.2, -0.15) is 0 Å². The number of carbonyl (C=O) groups is 1. The van der Waals surface area contributed by atoms with Crippen LogP contribution >= 0.6 is 0 Å². The van der Waals surface area contributed by atoms with Gasteiger partial charge in [0, 0.05) is 23.3 Å². The predicted octanol–water partition coefficient (Wildman–Crippen LogP) is 3.20. The van der Waals surface area contributed by atoms with Crippen molar-refractivity contribution in [1.82, 2.24) is 4.57 Å². The molecule has 0 saturated carbocycles. The van der Waals surface area contributed by atoms with Crippen LogP contribution in [0.1, 0.15) is 12.5 Å². The molecule has 0 aliphatic heterocycles. The number of rotatable bonds is 4. The van der Waals surface area contributed by atoms with Gasteiger partial charge in [0.1, 0.15) is 6.54 Å². The lowest BCUT2D eigenvalue weighted by Crippen LogP contribution is -2.20. The lowest BCUT2D eigenvalue weighted by molar-refractivity contribution is -0.116. The van der Waals surface area contributed by atoms with Crippen LogP contribution < -0.4 is 10.7 Å². The fourth-order valence-corrected chi connectivity index (χ4v) is 2.58. The van der Waals surface area contributed by atoms with Crippen molar-refractivity contribution in [3.8, 4) is 0 Å². The van der Waals surface area contributed by atoms with Gasteiger partial charge in [0.25, 0.3) is 0 Å². The molecule has 2 aromatic carbocycles. The number of hydrogen-bond donors (Lipinski definition) is 1. The quantitative estimate of drug-likeness (QED) is 0.804. The number of amides is 1. The molecule has 0 aliphatic carbocycles. The Hall–Kier alpha value is -2.88. The van der Waals surface area contributed by atoms with E-state index in [0.717, 1.165) is 17.6 Å². The minimum atomic E-state index is -0.122. The van der Waals surface area contributed by atoms with Crippen LogP contribution in [0, 0.1) is 0 Å². The summed E-state index contributed by atoms with van der Waals surface area (Å²) in [5.41, 5.74) is 2.73. The standard InChI is InChI=1S/C19H18N2O2/c1-2-14-7-9-15(10-8-14)20-19(23)13-21-12-11-18(22)16-5-3-4-6-17(16)21/h3-12H,2,13H2,1H3,(H,20,23). The van der Waals surface area contributed by atoms with Gasteiger partial charge in [0.15, 0.2) is 5.43 Å². The van der Waals surface area contributed by atoms with Crippen LogP contribution in [0.5, 0.6) is 0 Å². The molecule has 4 nitrogen and oxygen atoms in total. The van der Waals surface area contributed by atoms with Crippen molar-refractivity contribution < 1.29 is 4.79 Å². The van der Waals surface area contributed by atoms with Crippen LogP contribution in [-0.4, -0.2) is 10.5 Å². The Morgan fingerprint density at radius 1 is 1.04 bits per heavy atom. The van der Waals surface area contributed by atoms with Gasteiger partial charge in [-0.15, -0.1) is 0 Å². The van der Waals surface area contributed by atoms with Crippen LogP contribution in [0.2, 0.25) is 0 Å². The molecule has 1 heterocycles. The maximum Gasteiger partial charge on any atom is 0.244 e. The lowest BCUT2D eigenvalue weighted by atomic mass is 10.1. The first-order chi connectivity index (χ1) is 11.2. The molecule has 0 spiro atoms. The summed E-state index contributed by atoms with van der Waals surface area (Å²) in [4.78, 5) is 24.1. The van der Waals surface area contributed by atoms with Crippen LogP contribution in [0.4, 0.5) is 5.69 Å². The molecule has 0 fully saturated rings. The van der Waals surface area contributed by atoms with Crippen LogP contribution in [0.3, 0.4) is 0 Å². The molecule has 3 rings (SSSR count). The highest BCUT2D eigenvalue weighted by Gasteiger charge is 2.07. The maximum atomic E-state index is 12.3. The number of hydrogen-bond acceptors (Lipinski definition) is 2. The van der Waals surface area contributed by atoms with Crippen molar-refractivity contribution in [3.05, 3.63) is 76.6 Å². The summed E-state index contributed by atoms with van der Waals surface area (Å²) < 4.78 is 1.78. The van der Waals surface area contributed by atoms with Crippen LogP contribution in [-0.2, 0) is 17.8 Å². The number of benzene rings is 2. The summed E-state index contributed by atoms with van der Waals surface area (Å²) in [5.74, 6) is -0.122. The number of anilines is 1. The number of fused-ring (bicyclic) bond motifs is 1. The third-order valence-electron chi connectivity index (χ3n) is 3.84. The van der Waals surface area contributed by atoms with Crippen molar-refractivity contribution in [2.75, 3.05) is 5.32 Å². The van der Waals surface area contributed by atoms with Gasteiger partial charge in [0.2, 0.25) is 5.91 Å². The zero-order chi connectivity index (χ0) is 16.2. The highest BCUT2D eigenvalue weighted by atomic mass is 16.2. The van der Waals surface area contributed by atoms with Gasteiger partial charge in [0.05, 0.1) is 5.52 Å². The highest BCUT2D eigenvalue weighted by Crippen LogP contribution is 2.12. The van der Waals surface area contributed by atoms with E-state index in [-0.39, 0.29) is 17.9 Å². The van der Waals surface area contributed by atoms with E-state index >= 15 is 0 Å². The molecule has 0 unspecified atom stereocenters. The van der Waals surface area contributed by atoms with E-state index in [4.69, 9.17) is 0 Å². The maximum absolute atomic E-state index is 12.3. The highest BCUT2D eigenvalue weighted by molar-refractivity contribution is 5.91. The molecule has 23 heavy (non-hydrogen) atoms. The first-order valence-corrected chi connectivity index (χ1v) is 7.64. The van der Waals surface area contributed by atoms with Gasteiger partial charge in [-0.05, 0) is 36.2 Å². The summed E-state index contributed by atoms with van der Waals surface area (Å²) in [5, 5.41) is 3.50. The zero-order valence-electron chi connectivity index (χ0n) is 13.0. The Bertz CT molecular complexity index is 895. The number of nitrogens with zero attached hydrogens (tertiary/aromatic N) is 1. The van der Waals surface area contributed by atoms with Gasteiger partial charge in [-0.1, -0.05) is 31.2 Å². The molecular formula is C19H18N2O2. The van der Waals surface area contributed by atoms with Gasteiger partial charge < -0.3 is 9.88 Å². The first-order valence-electron chi connectivity index (χ1n) is 7.64. The summed E-state index contributed by atoms with van der Waals surface area (Å²) in [6, 6.07) is 16.6. The van der Waals surface area contributed by atoms with Crippen molar-refractivity contribution in [2.24, 2.45) is 0 Å². The molecule has 0 atom stereocenters. The number of aromatic nitrogens is 1. The number of nitrogens with one attached hydrogen (secondary N) is 1. The molecular weight excluding hydrogens is 288 g/mol. The summed E-state index contributed by atoms with van der Waals surface area (Å²) >= 11 is 0. The number of para-hydroxylation sites is 1. The SMILES string of the molecule is CCc1ccc(NC(=O)Cn2ccc(=O)c3ccccc32)cc1. The molecule has 1 aromatic heterocycles. The molecule has 116 valence electrons. The number of aryl methyl sites for hydroxylation is 1.